The molecule has 0 aliphatic rings. The van der Waals surface area contributed by atoms with Gasteiger partial charge in [0, 0.05) is 10.6 Å². The molecular formula is C16H12Cl2N2O3. The number of carbonyl (C=O) groups is 1. The third-order valence-corrected chi connectivity index (χ3v) is 3.87. The molecule has 7 heteroatoms. The molecule has 0 radical (unpaired) electrons. The number of fused-ring (bicyclic) bond motifs is 1. The summed E-state index contributed by atoms with van der Waals surface area (Å²) >= 11 is 12.1. The van der Waals surface area contributed by atoms with Crippen LogP contribution in [0.3, 0.4) is 0 Å². The van der Waals surface area contributed by atoms with Crippen molar-refractivity contribution in [1.82, 2.24) is 10.1 Å². The molecule has 0 bridgehead atoms. The second-order valence-electron chi connectivity index (χ2n) is 4.85. The Labute approximate surface area is 142 Å². The fourth-order valence-electron chi connectivity index (χ4n) is 2.30. The van der Waals surface area contributed by atoms with Gasteiger partial charge in [0.1, 0.15) is 0 Å². The van der Waals surface area contributed by atoms with Gasteiger partial charge in [-0.1, -0.05) is 28.4 Å². The molecule has 3 aromatic rings. The molecule has 118 valence electrons. The van der Waals surface area contributed by atoms with Crippen LogP contribution in [0, 0.1) is 6.92 Å². The van der Waals surface area contributed by atoms with Gasteiger partial charge in [-0.3, -0.25) is 0 Å². The third kappa shape index (κ3) is 2.90. The highest BCUT2D eigenvalue weighted by Gasteiger charge is 2.20. The smallest absolute Gasteiger partial charge is 0.339 e. The highest BCUT2D eigenvalue weighted by molar-refractivity contribution is 6.36. The Kier molecular flexibility index (Phi) is 4.24. The van der Waals surface area contributed by atoms with Crippen molar-refractivity contribution >= 4 is 40.3 Å². The first-order valence-electron chi connectivity index (χ1n) is 6.90. The van der Waals surface area contributed by atoms with E-state index in [4.69, 9.17) is 32.5 Å². The molecule has 0 fully saturated rings. The lowest BCUT2D eigenvalue weighted by Gasteiger charge is -2.08. The fourth-order valence-corrected chi connectivity index (χ4v) is 2.81. The number of aromatic nitrogens is 2. The number of carbonyl (C=O) groups excluding carboxylic acids is 1. The third-order valence-electron chi connectivity index (χ3n) is 3.32. The molecule has 0 atom stereocenters. The highest BCUT2D eigenvalue weighted by Crippen LogP contribution is 2.32. The monoisotopic (exact) mass is 350 g/mol. The standard InChI is InChI=1S/C16H12Cl2N2O3/c1-3-22-16(21)11-7-13(10-5-4-9(17)6-12(10)18)19-15-14(11)8(2)20-23-15/h4-7H,3H2,1-2H3. The summed E-state index contributed by atoms with van der Waals surface area (Å²) in [4.78, 5) is 16.7. The molecule has 2 aromatic heterocycles. The highest BCUT2D eigenvalue weighted by atomic mass is 35.5. The molecule has 1 aromatic carbocycles. The Morgan fingerprint density at radius 3 is 2.78 bits per heavy atom. The maximum atomic E-state index is 12.3. The molecular weight excluding hydrogens is 339 g/mol. The Hall–Kier alpha value is -2.11. The zero-order valence-electron chi connectivity index (χ0n) is 12.4. The number of aryl methyl sites for hydroxylation is 1. The molecule has 0 saturated carbocycles. The summed E-state index contributed by atoms with van der Waals surface area (Å²) in [7, 11) is 0. The lowest BCUT2D eigenvalue weighted by Crippen LogP contribution is -2.06. The number of rotatable bonds is 3. The van der Waals surface area contributed by atoms with E-state index in [0.717, 1.165) is 0 Å². The van der Waals surface area contributed by atoms with Gasteiger partial charge in [-0.05, 0) is 38.1 Å². The van der Waals surface area contributed by atoms with Gasteiger partial charge in [-0.25, -0.2) is 9.78 Å². The number of hydrogen-bond donors (Lipinski definition) is 0. The summed E-state index contributed by atoms with van der Waals surface area (Å²) < 4.78 is 10.3. The number of esters is 1. The summed E-state index contributed by atoms with van der Waals surface area (Å²) in [6.45, 7) is 3.75. The predicted molar refractivity (Wildman–Crippen MR) is 88.0 cm³/mol. The lowest BCUT2D eigenvalue weighted by molar-refractivity contribution is 0.0528. The van der Waals surface area contributed by atoms with E-state index >= 15 is 0 Å². The molecule has 0 unspecified atom stereocenters. The Balaban J connectivity index is 2.25. The average Bonchev–Trinajstić information content (AvgIpc) is 2.88. The van der Waals surface area contributed by atoms with Gasteiger partial charge >= 0.3 is 5.97 Å². The molecule has 0 N–H and O–H groups in total. The van der Waals surface area contributed by atoms with Crippen molar-refractivity contribution in [3.63, 3.8) is 0 Å². The zero-order chi connectivity index (χ0) is 16.6. The van der Waals surface area contributed by atoms with Gasteiger partial charge in [0.15, 0.2) is 0 Å². The topological polar surface area (TPSA) is 65.2 Å². The van der Waals surface area contributed by atoms with Crippen LogP contribution in [0.25, 0.3) is 22.4 Å². The Morgan fingerprint density at radius 1 is 1.30 bits per heavy atom. The zero-order valence-corrected chi connectivity index (χ0v) is 13.9. The molecule has 2 heterocycles. The van der Waals surface area contributed by atoms with Crippen molar-refractivity contribution in [2.45, 2.75) is 13.8 Å². The number of nitrogens with zero attached hydrogens (tertiary/aromatic N) is 2. The van der Waals surface area contributed by atoms with Crippen molar-refractivity contribution in [1.29, 1.82) is 0 Å². The normalized spacial score (nSPS) is 11.0. The van der Waals surface area contributed by atoms with Crippen LogP contribution < -0.4 is 0 Å². The van der Waals surface area contributed by atoms with Gasteiger partial charge in [0.05, 0.1) is 34.0 Å². The number of ether oxygens (including phenoxy) is 1. The molecule has 0 aliphatic heterocycles. The second kappa shape index (κ2) is 6.18. The van der Waals surface area contributed by atoms with E-state index in [1.54, 1.807) is 38.1 Å². The van der Waals surface area contributed by atoms with Gasteiger partial charge in [-0.2, -0.15) is 0 Å². The van der Waals surface area contributed by atoms with E-state index in [9.17, 15) is 4.79 Å². The first-order valence-corrected chi connectivity index (χ1v) is 7.66. The van der Waals surface area contributed by atoms with Gasteiger partial charge < -0.3 is 9.26 Å². The van der Waals surface area contributed by atoms with Crippen LogP contribution in [0.4, 0.5) is 0 Å². The molecule has 23 heavy (non-hydrogen) atoms. The molecule has 0 saturated heterocycles. The summed E-state index contributed by atoms with van der Waals surface area (Å²) in [5, 5.41) is 5.35. The molecule has 0 spiro atoms. The minimum absolute atomic E-state index is 0.258. The van der Waals surface area contributed by atoms with Crippen molar-refractivity contribution in [3.05, 3.63) is 45.6 Å². The predicted octanol–water partition coefficient (Wildman–Crippen LogP) is 4.68. The van der Waals surface area contributed by atoms with E-state index in [2.05, 4.69) is 10.1 Å². The maximum Gasteiger partial charge on any atom is 0.339 e. The first-order chi connectivity index (χ1) is 11.0. The van der Waals surface area contributed by atoms with Crippen LogP contribution in [0.2, 0.25) is 10.0 Å². The SMILES string of the molecule is CCOC(=O)c1cc(-c2ccc(Cl)cc2Cl)nc2onc(C)c12. The van der Waals surface area contributed by atoms with Crippen molar-refractivity contribution < 1.29 is 14.1 Å². The van der Waals surface area contributed by atoms with E-state index < -0.39 is 5.97 Å². The molecule has 0 amide bonds. The number of benzene rings is 1. The van der Waals surface area contributed by atoms with E-state index in [-0.39, 0.29) is 12.3 Å². The van der Waals surface area contributed by atoms with E-state index in [1.807, 2.05) is 0 Å². The molecule has 5 nitrogen and oxygen atoms in total. The number of hydrogen-bond acceptors (Lipinski definition) is 5. The van der Waals surface area contributed by atoms with E-state index in [1.165, 1.54) is 0 Å². The number of pyridine rings is 1. The summed E-state index contributed by atoms with van der Waals surface area (Å²) in [5.41, 5.74) is 2.30. The fraction of sp³-hybridized carbons (Fsp3) is 0.188. The molecule has 0 aliphatic carbocycles. The second-order valence-corrected chi connectivity index (χ2v) is 5.69. The Morgan fingerprint density at radius 2 is 2.09 bits per heavy atom. The van der Waals surface area contributed by atoms with Crippen LogP contribution in [-0.4, -0.2) is 22.7 Å². The molecule has 3 rings (SSSR count). The number of halogens is 2. The summed E-state index contributed by atoms with van der Waals surface area (Å²) in [5.74, 6) is -0.461. The quantitative estimate of drug-likeness (QED) is 0.641. The van der Waals surface area contributed by atoms with Crippen LogP contribution in [0.15, 0.2) is 28.8 Å². The average molecular weight is 351 g/mol. The Bertz CT molecular complexity index is 906. The van der Waals surface area contributed by atoms with Crippen molar-refractivity contribution in [2.75, 3.05) is 6.61 Å². The van der Waals surface area contributed by atoms with Crippen LogP contribution in [-0.2, 0) is 4.74 Å². The maximum absolute atomic E-state index is 12.3. The van der Waals surface area contributed by atoms with Crippen LogP contribution in [0.5, 0.6) is 0 Å². The van der Waals surface area contributed by atoms with E-state index in [0.29, 0.717) is 37.9 Å². The van der Waals surface area contributed by atoms with Crippen molar-refractivity contribution in [2.24, 2.45) is 0 Å². The minimum Gasteiger partial charge on any atom is -0.462 e. The summed E-state index contributed by atoms with van der Waals surface area (Å²) in [6.07, 6.45) is 0. The first kappa shape index (κ1) is 15.8. The van der Waals surface area contributed by atoms with Crippen LogP contribution >= 0.6 is 23.2 Å². The largest absolute Gasteiger partial charge is 0.462 e. The van der Waals surface area contributed by atoms with Crippen molar-refractivity contribution in [3.8, 4) is 11.3 Å². The minimum atomic E-state index is -0.461. The lowest BCUT2D eigenvalue weighted by atomic mass is 10.1. The van der Waals surface area contributed by atoms with Gasteiger partial charge in [-0.15, -0.1) is 0 Å². The summed E-state index contributed by atoms with van der Waals surface area (Å²) in [6, 6.07) is 6.67. The van der Waals surface area contributed by atoms with Gasteiger partial charge in [0.25, 0.3) is 5.71 Å². The van der Waals surface area contributed by atoms with Gasteiger partial charge in [0.2, 0.25) is 0 Å². The van der Waals surface area contributed by atoms with Crippen LogP contribution in [0.1, 0.15) is 23.0 Å².